The van der Waals surface area contributed by atoms with Gasteiger partial charge in [-0.25, -0.2) is 4.79 Å². The van der Waals surface area contributed by atoms with Crippen LogP contribution in [0, 0.1) is 0 Å². The first-order valence-corrected chi connectivity index (χ1v) is 5.26. The molecule has 1 aliphatic carbocycles. The van der Waals surface area contributed by atoms with Crippen LogP contribution in [0.5, 0.6) is 0 Å². The van der Waals surface area contributed by atoms with Gasteiger partial charge < -0.3 is 9.84 Å². The van der Waals surface area contributed by atoms with E-state index < -0.39 is 12.1 Å². The average molecular weight is 198 g/mol. The van der Waals surface area contributed by atoms with Crippen molar-refractivity contribution in [3.8, 4) is 0 Å². The van der Waals surface area contributed by atoms with Gasteiger partial charge in [0.2, 0.25) is 0 Å². The molecule has 0 aliphatic heterocycles. The van der Waals surface area contributed by atoms with Crippen LogP contribution in [-0.4, -0.2) is 23.8 Å². The third kappa shape index (κ3) is 3.50. The molecule has 0 fully saturated rings. The van der Waals surface area contributed by atoms with Crippen LogP contribution in [0.25, 0.3) is 0 Å². The monoisotopic (exact) mass is 198 g/mol. The SMILES string of the molecule is CCOC(=O)[C@H](O)CC1=CCCCC1. The summed E-state index contributed by atoms with van der Waals surface area (Å²) in [6.07, 6.45) is 6.08. The predicted molar refractivity (Wildman–Crippen MR) is 53.8 cm³/mol. The Labute approximate surface area is 84.8 Å². The molecule has 0 bridgehead atoms. The van der Waals surface area contributed by atoms with E-state index in [1.807, 2.05) is 0 Å². The number of carbonyl (C=O) groups is 1. The maximum absolute atomic E-state index is 11.1. The normalized spacial score (nSPS) is 18.6. The Morgan fingerprint density at radius 2 is 2.43 bits per heavy atom. The standard InChI is InChI=1S/C11H18O3/c1-2-14-11(13)10(12)8-9-6-4-3-5-7-9/h6,10,12H,2-5,7-8H2,1H3/t10-/m1/s1. The molecule has 0 heterocycles. The number of aliphatic hydroxyl groups excluding tert-OH is 1. The van der Waals surface area contributed by atoms with E-state index in [0.717, 1.165) is 12.8 Å². The largest absolute Gasteiger partial charge is 0.464 e. The van der Waals surface area contributed by atoms with Gasteiger partial charge in [0, 0.05) is 6.42 Å². The van der Waals surface area contributed by atoms with Crippen molar-refractivity contribution in [1.82, 2.24) is 0 Å². The number of allylic oxidation sites excluding steroid dienone is 1. The van der Waals surface area contributed by atoms with E-state index in [1.54, 1.807) is 6.92 Å². The molecule has 0 saturated heterocycles. The lowest BCUT2D eigenvalue weighted by Gasteiger charge is -2.15. The van der Waals surface area contributed by atoms with Crippen molar-refractivity contribution in [2.24, 2.45) is 0 Å². The van der Waals surface area contributed by atoms with Gasteiger partial charge >= 0.3 is 5.97 Å². The zero-order chi connectivity index (χ0) is 10.4. The fraction of sp³-hybridized carbons (Fsp3) is 0.727. The quantitative estimate of drug-likeness (QED) is 0.553. The molecule has 1 N–H and O–H groups in total. The topological polar surface area (TPSA) is 46.5 Å². The molecule has 1 rings (SSSR count). The third-order valence-corrected chi connectivity index (χ3v) is 2.40. The van der Waals surface area contributed by atoms with E-state index in [9.17, 15) is 9.90 Å². The van der Waals surface area contributed by atoms with Gasteiger partial charge in [-0.15, -0.1) is 0 Å². The molecule has 0 radical (unpaired) electrons. The number of hydrogen-bond acceptors (Lipinski definition) is 3. The van der Waals surface area contributed by atoms with Crippen molar-refractivity contribution < 1.29 is 14.6 Å². The Kier molecular flexibility index (Phi) is 4.66. The summed E-state index contributed by atoms with van der Waals surface area (Å²) in [5, 5.41) is 9.49. The van der Waals surface area contributed by atoms with Crippen molar-refractivity contribution in [1.29, 1.82) is 0 Å². The lowest BCUT2D eigenvalue weighted by Crippen LogP contribution is -2.23. The Hall–Kier alpha value is -0.830. The van der Waals surface area contributed by atoms with E-state index in [2.05, 4.69) is 6.08 Å². The Balaban J connectivity index is 2.35. The predicted octanol–water partition coefficient (Wildman–Crippen LogP) is 1.80. The molecule has 0 aromatic carbocycles. The van der Waals surface area contributed by atoms with Crippen molar-refractivity contribution >= 4 is 5.97 Å². The molecule has 0 aromatic rings. The van der Waals surface area contributed by atoms with Crippen LogP contribution >= 0.6 is 0 Å². The summed E-state index contributed by atoms with van der Waals surface area (Å²) >= 11 is 0. The second-order valence-corrected chi connectivity index (χ2v) is 3.58. The molecule has 0 unspecified atom stereocenters. The van der Waals surface area contributed by atoms with Crippen LogP contribution in [0.1, 0.15) is 39.0 Å². The third-order valence-electron chi connectivity index (χ3n) is 2.40. The summed E-state index contributed by atoms with van der Waals surface area (Å²) in [4.78, 5) is 11.1. The average Bonchev–Trinajstić information content (AvgIpc) is 2.19. The first-order chi connectivity index (χ1) is 6.74. The maximum Gasteiger partial charge on any atom is 0.335 e. The van der Waals surface area contributed by atoms with Crippen LogP contribution in [0.4, 0.5) is 0 Å². The van der Waals surface area contributed by atoms with Gasteiger partial charge in [-0.3, -0.25) is 0 Å². The first-order valence-electron chi connectivity index (χ1n) is 5.26. The van der Waals surface area contributed by atoms with Crippen LogP contribution < -0.4 is 0 Å². The van der Waals surface area contributed by atoms with E-state index in [0.29, 0.717) is 13.0 Å². The Morgan fingerprint density at radius 3 is 3.00 bits per heavy atom. The molecular formula is C11H18O3. The Bertz CT molecular complexity index is 221. The molecular weight excluding hydrogens is 180 g/mol. The molecule has 0 amide bonds. The summed E-state index contributed by atoms with van der Waals surface area (Å²) in [6, 6.07) is 0. The molecule has 0 spiro atoms. The summed E-state index contributed by atoms with van der Waals surface area (Å²) < 4.78 is 4.73. The molecule has 0 aromatic heterocycles. The van der Waals surface area contributed by atoms with Crippen molar-refractivity contribution in [2.45, 2.75) is 45.1 Å². The number of ether oxygens (including phenoxy) is 1. The van der Waals surface area contributed by atoms with Gasteiger partial charge in [0.05, 0.1) is 6.61 Å². The minimum atomic E-state index is -0.973. The number of rotatable bonds is 4. The molecule has 3 nitrogen and oxygen atoms in total. The van der Waals surface area contributed by atoms with E-state index in [1.165, 1.54) is 18.4 Å². The zero-order valence-electron chi connectivity index (χ0n) is 8.66. The van der Waals surface area contributed by atoms with E-state index in [-0.39, 0.29) is 0 Å². The van der Waals surface area contributed by atoms with Crippen molar-refractivity contribution in [2.75, 3.05) is 6.61 Å². The fourth-order valence-corrected chi connectivity index (χ4v) is 1.66. The number of aliphatic hydroxyl groups is 1. The Morgan fingerprint density at radius 1 is 1.64 bits per heavy atom. The van der Waals surface area contributed by atoms with Crippen LogP contribution in [0.15, 0.2) is 11.6 Å². The highest BCUT2D eigenvalue weighted by atomic mass is 16.5. The van der Waals surface area contributed by atoms with Crippen LogP contribution in [0.3, 0.4) is 0 Å². The lowest BCUT2D eigenvalue weighted by molar-refractivity contribution is -0.152. The zero-order valence-corrected chi connectivity index (χ0v) is 8.66. The molecule has 80 valence electrons. The molecule has 0 saturated carbocycles. The first kappa shape index (κ1) is 11.2. The minimum Gasteiger partial charge on any atom is -0.464 e. The molecule has 1 atom stereocenters. The van der Waals surface area contributed by atoms with E-state index in [4.69, 9.17) is 4.74 Å². The second-order valence-electron chi connectivity index (χ2n) is 3.58. The highest BCUT2D eigenvalue weighted by Gasteiger charge is 2.18. The van der Waals surface area contributed by atoms with Gasteiger partial charge in [-0.1, -0.05) is 11.6 Å². The number of esters is 1. The van der Waals surface area contributed by atoms with Gasteiger partial charge in [0.25, 0.3) is 0 Å². The van der Waals surface area contributed by atoms with Crippen LogP contribution in [-0.2, 0) is 9.53 Å². The number of hydrogen-bond donors (Lipinski definition) is 1. The fourth-order valence-electron chi connectivity index (χ4n) is 1.66. The van der Waals surface area contributed by atoms with Gasteiger partial charge in [-0.2, -0.15) is 0 Å². The highest BCUT2D eigenvalue weighted by Crippen LogP contribution is 2.21. The second kappa shape index (κ2) is 5.81. The van der Waals surface area contributed by atoms with Crippen molar-refractivity contribution in [3.05, 3.63) is 11.6 Å². The maximum atomic E-state index is 11.1. The summed E-state index contributed by atoms with van der Waals surface area (Å²) in [5.74, 6) is -0.501. The van der Waals surface area contributed by atoms with Gasteiger partial charge in [-0.05, 0) is 32.6 Å². The number of carbonyl (C=O) groups excluding carboxylic acids is 1. The van der Waals surface area contributed by atoms with Gasteiger partial charge in [0.1, 0.15) is 0 Å². The minimum absolute atomic E-state index is 0.328. The molecule has 14 heavy (non-hydrogen) atoms. The summed E-state index contributed by atoms with van der Waals surface area (Å²) in [7, 11) is 0. The summed E-state index contributed by atoms with van der Waals surface area (Å²) in [6.45, 7) is 2.07. The van der Waals surface area contributed by atoms with Gasteiger partial charge in [0.15, 0.2) is 6.10 Å². The molecule has 3 heteroatoms. The van der Waals surface area contributed by atoms with Crippen LogP contribution in [0.2, 0.25) is 0 Å². The smallest absolute Gasteiger partial charge is 0.335 e. The lowest BCUT2D eigenvalue weighted by atomic mass is 9.95. The summed E-state index contributed by atoms with van der Waals surface area (Å²) in [5.41, 5.74) is 1.19. The molecule has 1 aliphatic rings. The van der Waals surface area contributed by atoms with E-state index >= 15 is 0 Å². The van der Waals surface area contributed by atoms with Crippen molar-refractivity contribution in [3.63, 3.8) is 0 Å². The highest BCUT2D eigenvalue weighted by molar-refractivity contribution is 5.74.